The predicted molar refractivity (Wildman–Crippen MR) is 44.8 cm³/mol. The average molecular weight is 163 g/mol. The lowest BCUT2D eigenvalue weighted by Gasteiger charge is -2.40. The van der Waals surface area contributed by atoms with Crippen LogP contribution in [0.3, 0.4) is 0 Å². The molecule has 64 valence electrons. The van der Waals surface area contributed by atoms with Crippen molar-refractivity contribution in [2.45, 2.75) is 38.6 Å². The van der Waals surface area contributed by atoms with Crippen LogP contribution in [0.15, 0.2) is 0 Å². The number of nitrogens with zero attached hydrogens (tertiary/aromatic N) is 3. The Morgan fingerprint density at radius 1 is 1.33 bits per heavy atom. The van der Waals surface area contributed by atoms with E-state index in [1.807, 2.05) is 6.92 Å². The molecule has 1 unspecified atom stereocenters. The highest BCUT2D eigenvalue weighted by Gasteiger charge is 2.37. The second-order valence-electron chi connectivity index (χ2n) is 3.96. The van der Waals surface area contributed by atoms with Crippen molar-refractivity contribution < 1.29 is 0 Å². The van der Waals surface area contributed by atoms with Gasteiger partial charge in [0.2, 0.25) is 0 Å². The molecule has 12 heavy (non-hydrogen) atoms. The molecule has 0 amide bonds. The summed E-state index contributed by atoms with van der Waals surface area (Å²) in [5, 5.41) is 4.44. The fraction of sp³-hybridized carbons (Fsp3) is 0.778. The van der Waals surface area contributed by atoms with Crippen LogP contribution in [-0.2, 0) is 6.42 Å². The van der Waals surface area contributed by atoms with Crippen molar-refractivity contribution in [3.05, 3.63) is 11.6 Å². The molecule has 0 bridgehead atoms. The molecule has 1 aliphatic carbocycles. The van der Waals surface area contributed by atoms with Crippen molar-refractivity contribution in [1.82, 2.24) is 14.8 Å². The minimum absolute atomic E-state index is 0.704. The standard InChI is InChI=1S/C9H13N3/c1-6-10-9-5-3-7-2-4-8(7)12(9)11-6/h7-8H,2-5H2,1H3/t7-,8?/m0/s1. The van der Waals surface area contributed by atoms with Crippen LogP contribution in [0, 0.1) is 12.8 Å². The Bertz CT molecular complexity index is 316. The number of hydrogen-bond acceptors (Lipinski definition) is 2. The summed E-state index contributed by atoms with van der Waals surface area (Å²) in [5.41, 5.74) is 0. The SMILES string of the molecule is Cc1nc2n(n1)C1CC[C@H]1CC2. The summed E-state index contributed by atoms with van der Waals surface area (Å²) in [5.74, 6) is 3.07. The minimum atomic E-state index is 0.704. The Labute approximate surface area is 71.8 Å². The molecule has 1 aromatic heterocycles. The molecule has 0 radical (unpaired) electrons. The van der Waals surface area contributed by atoms with E-state index in [4.69, 9.17) is 0 Å². The van der Waals surface area contributed by atoms with Gasteiger partial charge in [-0.3, -0.25) is 0 Å². The lowest BCUT2D eigenvalue weighted by atomic mass is 9.75. The number of hydrogen-bond donors (Lipinski definition) is 0. The van der Waals surface area contributed by atoms with Gasteiger partial charge >= 0.3 is 0 Å². The van der Waals surface area contributed by atoms with Gasteiger partial charge < -0.3 is 0 Å². The van der Waals surface area contributed by atoms with E-state index in [1.54, 1.807) is 0 Å². The van der Waals surface area contributed by atoms with Crippen LogP contribution < -0.4 is 0 Å². The second kappa shape index (κ2) is 2.09. The smallest absolute Gasteiger partial charge is 0.147 e. The Balaban J connectivity index is 2.07. The zero-order chi connectivity index (χ0) is 8.13. The van der Waals surface area contributed by atoms with Gasteiger partial charge in [0.15, 0.2) is 0 Å². The summed E-state index contributed by atoms with van der Waals surface area (Å²) in [6.07, 6.45) is 5.20. The number of rotatable bonds is 0. The zero-order valence-corrected chi connectivity index (χ0v) is 7.32. The molecule has 1 aliphatic heterocycles. The number of aromatic nitrogens is 3. The Kier molecular flexibility index (Phi) is 1.15. The third kappa shape index (κ3) is 0.713. The molecule has 1 saturated carbocycles. The van der Waals surface area contributed by atoms with E-state index in [-0.39, 0.29) is 0 Å². The maximum Gasteiger partial charge on any atom is 0.147 e. The summed E-state index contributed by atoms with van der Waals surface area (Å²) >= 11 is 0. The molecule has 2 atom stereocenters. The van der Waals surface area contributed by atoms with Crippen molar-refractivity contribution >= 4 is 0 Å². The van der Waals surface area contributed by atoms with Crippen LogP contribution in [0.1, 0.15) is 37.0 Å². The number of fused-ring (bicyclic) bond motifs is 3. The molecule has 1 fully saturated rings. The third-order valence-electron chi connectivity index (χ3n) is 3.24. The van der Waals surface area contributed by atoms with Gasteiger partial charge in [-0.25, -0.2) is 9.67 Å². The van der Waals surface area contributed by atoms with Crippen molar-refractivity contribution in [3.63, 3.8) is 0 Å². The Hall–Kier alpha value is -0.860. The predicted octanol–water partition coefficient (Wildman–Crippen LogP) is 1.48. The molecular formula is C9H13N3. The van der Waals surface area contributed by atoms with E-state index < -0.39 is 0 Å². The summed E-state index contributed by atoms with van der Waals surface area (Å²) < 4.78 is 2.17. The molecule has 3 rings (SSSR count). The molecule has 0 N–H and O–H groups in total. The lowest BCUT2D eigenvalue weighted by molar-refractivity contribution is 0.129. The highest BCUT2D eigenvalue weighted by atomic mass is 15.4. The van der Waals surface area contributed by atoms with Gasteiger partial charge in [0.1, 0.15) is 11.6 Å². The van der Waals surface area contributed by atoms with E-state index in [2.05, 4.69) is 14.8 Å². The average Bonchev–Trinajstić information content (AvgIpc) is 2.29. The Morgan fingerprint density at radius 2 is 2.25 bits per heavy atom. The van der Waals surface area contributed by atoms with Crippen LogP contribution in [0.2, 0.25) is 0 Å². The largest absolute Gasteiger partial charge is 0.247 e. The number of aryl methyl sites for hydroxylation is 2. The first-order valence-corrected chi connectivity index (χ1v) is 4.76. The molecule has 0 saturated heterocycles. The van der Waals surface area contributed by atoms with Crippen molar-refractivity contribution in [2.75, 3.05) is 0 Å². The fourth-order valence-corrected chi connectivity index (χ4v) is 2.43. The molecule has 0 spiro atoms. The second-order valence-corrected chi connectivity index (χ2v) is 3.96. The topological polar surface area (TPSA) is 30.7 Å². The zero-order valence-electron chi connectivity index (χ0n) is 7.32. The van der Waals surface area contributed by atoms with Crippen LogP contribution in [0.4, 0.5) is 0 Å². The molecule has 2 aliphatic rings. The van der Waals surface area contributed by atoms with E-state index in [9.17, 15) is 0 Å². The summed E-state index contributed by atoms with van der Waals surface area (Å²) in [6.45, 7) is 1.99. The van der Waals surface area contributed by atoms with Crippen LogP contribution in [0.25, 0.3) is 0 Å². The normalized spacial score (nSPS) is 32.1. The first-order chi connectivity index (χ1) is 5.84. The van der Waals surface area contributed by atoms with Crippen molar-refractivity contribution in [3.8, 4) is 0 Å². The van der Waals surface area contributed by atoms with Crippen LogP contribution in [-0.4, -0.2) is 14.8 Å². The van der Waals surface area contributed by atoms with Gasteiger partial charge in [0, 0.05) is 6.42 Å². The molecule has 3 heteroatoms. The molecule has 0 aromatic carbocycles. The van der Waals surface area contributed by atoms with Crippen molar-refractivity contribution in [1.29, 1.82) is 0 Å². The maximum absolute atomic E-state index is 4.44. The van der Waals surface area contributed by atoms with Gasteiger partial charge in [-0.1, -0.05) is 0 Å². The first kappa shape index (κ1) is 6.63. The highest BCUT2D eigenvalue weighted by Crippen LogP contribution is 2.44. The van der Waals surface area contributed by atoms with E-state index >= 15 is 0 Å². The lowest BCUT2D eigenvalue weighted by Crippen LogP contribution is -2.35. The third-order valence-corrected chi connectivity index (χ3v) is 3.24. The van der Waals surface area contributed by atoms with Crippen molar-refractivity contribution in [2.24, 2.45) is 5.92 Å². The van der Waals surface area contributed by atoms with Gasteiger partial charge in [0.05, 0.1) is 6.04 Å². The highest BCUT2D eigenvalue weighted by molar-refractivity contribution is 5.02. The van der Waals surface area contributed by atoms with Crippen LogP contribution in [0.5, 0.6) is 0 Å². The quantitative estimate of drug-likeness (QED) is 0.580. The molecule has 2 heterocycles. The van der Waals surface area contributed by atoms with E-state index in [1.165, 1.54) is 25.1 Å². The summed E-state index contributed by atoms with van der Waals surface area (Å²) in [4.78, 5) is 4.42. The molecular weight excluding hydrogens is 150 g/mol. The minimum Gasteiger partial charge on any atom is -0.247 e. The van der Waals surface area contributed by atoms with E-state index in [0.29, 0.717) is 6.04 Å². The maximum atomic E-state index is 4.44. The fourth-order valence-electron chi connectivity index (χ4n) is 2.43. The Morgan fingerprint density at radius 3 is 3.00 bits per heavy atom. The van der Waals surface area contributed by atoms with Gasteiger partial charge in [-0.15, -0.1) is 0 Å². The van der Waals surface area contributed by atoms with Crippen LogP contribution >= 0.6 is 0 Å². The van der Waals surface area contributed by atoms with Gasteiger partial charge in [-0.05, 0) is 32.1 Å². The molecule has 3 nitrogen and oxygen atoms in total. The summed E-state index contributed by atoms with van der Waals surface area (Å²) in [6, 6.07) is 0.704. The molecule has 1 aromatic rings. The van der Waals surface area contributed by atoms with Gasteiger partial charge in [-0.2, -0.15) is 5.10 Å². The van der Waals surface area contributed by atoms with Gasteiger partial charge in [0.25, 0.3) is 0 Å². The van der Waals surface area contributed by atoms with E-state index in [0.717, 1.165) is 18.2 Å². The summed E-state index contributed by atoms with van der Waals surface area (Å²) in [7, 11) is 0. The first-order valence-electron chi connectivity index (χ1n) is 4.76. The monoisotopic (exact) mass is 163 g/mol.